The van der Waals surface area contributed by atoms with Gasteiger partial charge < -0.3 is 5.73 Å². The molecule has 1 heteroatoms. The summed E-state index contributed by atoms with van der Waals surface area (Å²) in [6.45, 7) is 4.59. The molecule has 0 spiro atoms. The van der Waals surface area contributed by atoms with Crippen molar-refractivity contribution < 1.29 is 0 Å². The van der Waals surface area contributed by atoms with Crippen LogP contribution in [0.1, 0.15) is 57.1 Å². The van der Waals surface area contributed by atoms with Crippen molar-refractivity contribution in [2.24, 2.45) is 11.7 Å². The zero-order valence-electron chi connectivity index (χ0n) is 11.9. The van der Waals surface area contributed by atoms with Crippen molar-refractivity contribution in [3.05, 3.63) is 35.4 Å². The van der Waals surface area contributed by atoms with Gasteiger partial charge in [0.05, 0.1) is 0 Å². The third kappa shape index (κ3) is 3.14. The van der Waals surface area contributed by atoms with E-state index in [0.29, 0.717) is 0 Å². The van der Waals surface area contributed by atoms with Crippen molar-refractivity contribution in [2.75, 3.05) is 0 Å². The molecule has 1 unspecified atom stereocenters. The molecular weight excluding hydrogens is 218 g/mol. The van der Waals surface area contributed by atoms with Gasteiger partial charge in [0.1, 0.15) is 0 Å². The molecule has 1 aromatic carbocycles. The highest BCUT2D eigenvalue weighted by atomic mass is 14.8. The Morgan fingerprint density at radius 3 is 2.28 bits per heavy atom. The number of hydrogen-bond donors (Lipinski definition) is 1. The lowest BCUT2D eigenvalue weighted by atomic mass is 9.82. The van der Waals surface area contributed by atoms with E-state index in [9.17, 15) is 0 Å². The first-order valence-electron chi connectivity index (χ1n) is 7.52. The molecule has 100 valence electrons. The molecular formula is C17H27N. The van der Waals surface area contributed by atoms with Gasteiger partial charge in [-0.15, -0.1) is 0 Å². The van der Waals surface area contributed by atoms with E-state index in [-0.39, 0.29) is 5.54 Å². The predicted octanol–water partition coefficient (Wildman–Crippen LogP) is 4.09. The van der Waals surface area contributed by atoms with Gasteiger partial charge in [-0.1, -0.05) is 63.8 Å². The third-order valence-electron chi connectivity index (χ3n) is 4.44. The maximum absolute atomic E-state index is 6.66. The second-order valence-corrected chi connectivity index (χ2v) is 6.11. The highest BCUT2D eigenvalue weighted by Crippen LogP contribution is 2.34. The van der Waals surface area contributed by atoms with Gasteiger partial charge in [-0.05, 0) is 36.3 Å². The highest BCUT2D eigenvalue weighted by molar-refractivity contribution is 5.36. The average molecular weight is 245 g/mol. The van der Waals surface area contributed by atoms with Crippen LogP contribution in [0, 0.1) is 5.92 Å². The number of rotatable bonds is 6. The maximum atomic E-state index is 6.66. The fraction of sp³-hybridized carbons (Fsp3) is 0.647. The molecule has 0 aliphatic heterocycles. The summed E-state index contributed by atoms with van der Waals surface area (Å²) in [4.78, 5) is 0. The van der Waals surface area contributed by atoms with Crippen LogP contribution in [0.15, 0.2) is 24.3 Å². The molecule has 18 heavy (non-hydrogen) atoms. The minimum Gasteiger partial charge on any atom is -0.324 e. The fourth-order valence-corrected chi connectivity index (χ4v) is 3.39. The molecule has 0 radical (unpaired) electrons. The molecule has 0 fully saturated rings. The first-order chi connectivity index (χ1) is 8.67. The molecule has 1 atom stereocenters. The Kier molecular flexibility index (Phi) is 4.45. The summed E-state index contributed by atoms with van der Waals surface area (Å²) in [6, 6.07) is 8.77. The van der Waals surface area contributed by atoms with Crippen LogP contribution in [-0.2, 0) is 12.8 Å². The Labute approximate surface area is 112 Å². The van der Waals surface area contributed by atoms with E-state index in [4.69, 9.17) is 5.73 Å². The first-order valence-corrected chi connectivity index (χ1v) is 7.52. The van der Waals surface area contributed by atoms with E-state index < -0.39 is 0 Å². The van der Waals surface area contributed by atoms with Gasteiger partial charge in [0.25, 0.3) is 0 Å². The summed E-state index contributed by atoms with van der Waals surface area (Å²) in [5.41, 5.74) is 9.64. The molecule has 1 aliphatic rings. The first kappa shape index (κ1) is 13.6. The van der Waals surface area contributed by atoms with Gasteiger partial charge in [0, 0.05) is 5.54 Å². The average Bonchev–Trinajstić information content (AvgIpc) is 2.70. The Bertz CT molecular complexity index is 358. The largest absolute Gasteiger partial charge is 0.324 e. The number of nitrogens with two attached hydrogens (primary N) is 1. The van der Waals surface area contributed by atoms with Crippen LogP contribution in [0.3, 0.4) is 0 Å². The molecule has 0 amide bonds. The Hall–Kier alpha value is -0.820. The Balaban J connectivity index is 1.98. The van der Waals surface area contributed by atoms with Crippen LogP contribution in [0.5, 0.6) is 0 Å². The van der Waals surface area contributed by atoms with Crippen LogP contribution < -0.4 is 5.73 Å². The molecule has 1 nitrogen and oxygen atoms in total. The van der Waals surface area contributed by atoms with Crippen LogP contribution in [0.25, 0.3) is 0 Å². The van der Waals surface area contributed by atoms with Crippen molar-refractivity contribution >= 4 is 0 Å². The highest BCUT2D eigenvalue weighted by Gasteiger charge is 2.34. The summed E-state index contributed by atoms with van der Waals surface area (Å²) in [6.07, 6.45) is 8.61. The summed E-state index contributed by atoms with van der Waals surface area (Å²) in [5.74, 6) is 0.810. The smallest absolute Gasteiger partial charge is 0.0238 e. The van der Waals surface area contributed by atoms with E-state index in [1.165, 1.54) is 43.2 Å². The summed E-state index contributed by atoms with van der Waals surface area (Å²) >= 11 is 0. The second-order valence-electron chi connectivity index (χ2n) is 6.11. The molecule has 0 saturated heterocycles. The summed E-state index contributed by atoms with van der Waals surface area (Å²) < 4.78 is 0. The molecule has 2 N–H and O–H groups in total. The molecule has 1 aromatic rings. The lowest BCUT2D eigenvalue weighted by Gasteiger charge is -2.29. The normalized spacial score (nSPS) is 18.6. The standard InChI is InChI=1S/C17H27N/c1-3-5-8-14(4-2)11-17(18)12-15-9-6-7-10-16(15)13-17/h6-7,9-10,14H,3-5,8,11-13,18H2,1-2H3. The van der Waals surface area contributed by atoms with Crippen LogP contribution in [-0.4, -0.2) is 5.54 Å². The molecule has 1 aliphatic carbocycles. The van der Waals surface area contributed by atoms with Crippen LogP contribution in [0.2, 0.25) is 0 Å². The monoisotopic (exact) mass is 245 g/mol. The van der Waals surface area contributed by atoms with Crippen LogP contribution >= 0.6 is 0 Å². The number of fused-ring (bicyclic) bond motifs is 1. The lowest BCUT2D eigenvalue weighted by Crippen LogP contribution is -2.42. The number of benzene rings is 1. The van der Waals surface area contributed by atoms with E-state index in [0.717, 1.165) is 18.8 Å². The number of unbranched alkanes of at least 4 members (excludes halogenated alkanes) is 1. The molecule has 0 aromatic heterocycles. The van der Waals surface area contributed by atoms with Crippen LogP contribution in [0.4, 0.5) is 0 Å². The van der Waals surface area contributed by atoms with Gasteiger partial charge >= 0.3 is 0 Å². The van der Waals surface area contributed by atoms with Gasteiger partial charge in [-0.3, -0.25) is 0 Å². The predicted molar refractivity (Wildman–Crippen MR) is 78.7 cm³/mol. The topological polar surface area (TPSA) is 26.0 Å². The van der Waals surface area contributed by atoms with Crippen molar-refractivity contribution in [1.82, 2.24) is 0 Å². The van der Waals surface area contributed by atoms with Gasteiger partial charge in [0.2, 0.25) is 0 Å². The Morgan fingerprint density at radius 2 is 1.78 bits per heavy atom. The minimum atomic E-state index is 0.0259. The minimum absolute atomic E-state index is 0.0259. The van der Waals surface area contributed by atoms with Crippen molar-refractivity contribution in [1.29, 1.82) is 0 Å². The third-order valence-corrected chi connectivity index (χ3v) is 4.44. The maximum Gasteiger partial charge on any atom is 0.0238 e. The van der Waals surface area contributed by atoms with E-state index in [1.54, 1.807) is 0 Å². The molecule has 2 rings (SSSR count). The quantitative estimate of drug-likeness (QED) is 0.802. The number of hydrogen-bond acceptors (Lipinski definition) is 1. The zero-order chi connectivity index (χ0) is 13.0. The van der Waals surface area contributed by atoms with Gasteiger partial charge in [0.15, 0.2) is 0 Å². The molecule has 0 heterocycles. The Morgan fingerprint density at radius 1 is 1.17 bits per heavy atom. The van der Waals surface area contributed by atoms with Crippen molar-refractivity contribution in [3.8, 4) is 0 Å². The van der Waals surface area contributed by atoms with E-state index in [1.807, 2.05) is 0 Å². The zero-order valence-corrected chi connectivity index (χ0v) is 11.9. The van der Waals surface area contributed by atoms with Gasteiger partial charge in [-0.2, -0.15) is 0 Å². The fourth-order valence-electron chi connectivity index (χ4n) is 3.39. The van der Waals surface area contributed by atoms with E-state index in [2.05, 4.69) is 38.1 Å². The second kappa shape index (κ2) is 5.88. The summed E-state index contributed by atoms with van der Waals surface area (Å²) in [7, 11) is 0. The molecule has 0 saturated carbocycles. The lowest BCUT2D eigenvalue weighted by molar-refractivity contribution is 0.301. The summed E-state index contributed by atoms with van der Waals surface area (Å²) in [5, 5.41) is 0. The SMILES string of the molecule is CCCCC(CC)CC1(N)Cc2ccccc2C1. The van der Waals surface area contributed by atoms with Crippen molar-refractivity contribution in [3.63, 3.8) is 0 Å². The van der Waals surface area contributed by atoms with Gasteiger partial charge in [-0.25, -0.2) is 0 Å². The molecule has 0 bridgehead atoms. The van der Waals surface area contributed by atoms with Crippen molar-refractivity contribution in [2.45, 2.75) is 64.3 Å². The van der Waals surface area contributed by atoms with E-state index >= 15 is 0 Å².